The van der Waals surface area contributed by atoms with E-state index in [0.29, 0.717) is 13.0 Å². The minimum absolute atomic E-state index is 0.0159. The molecule has 1 heterocycles. The number of benzene rings is 2. The lowest BCUT2D eigenvalue weighted by Crippen LogP contribution is -2.56. The maximum atomic E-state index is 15.9. The second kappa shape index (κ2) is 15.0. The van der Waals surface area contributed by atoms with Crippen LogP contribution in [0.1, 0.15) is 63.2 Å². The van der Waals surface area contributed by atoms with Gasteiger partial charge in [-0.3, -0.25) is 14.4 Å². The molecule has 5 atom stereocenters. The first-order valence-corrected chi connectivity index (χ1v) is 15.5. The van der Waals surface area contributed by atoms with Crippen LogP contribution in [0.4, 0.5) is 13.6 Å². The lowest BCUT2D eigenvalue weighted by Gasteiger charge is -2.30. The van der Waals surface area contributed by atoms with Gasteiger partial charge in [-0.1, -0.05) is 67.9 Å². The highest BCUT2D eigenvalue weighted by Gasteiger charge is 2.46. The lowest BCUT2D eigenvalue weighted by atomic mass is 9.93. The Kier molecular flexibility index (Phi) is 11.4. The monoisotopic (exact) mass is 648 g/mol. The van der Waals surface area contributed by atoms with Gasteiger partial charge in [0.1, 0.15) is 6.04 Å². The zero-order valence-electron chi connectivity index (χ0n) is 25.1. The highest BCUT2D eigenvalue weighted by atomic mass is 35.5. The molecule has 1 aliphatic carbocycles. The average Bonchev–Trinajstić information content (AvgIpc) is 3.73. The summed E-state index contributed by atoms with van der Waals surface area (Å²) in [5.74, 6) is -6.08. The number of alkyl halides is 2. The number of hydrogen-bond acceptors (Lipinski definition) is 6. The van der Waals surface area contributed by atoms with Crippen LogP contribution < -0.4 is 21.3 Å². The summed E-state index contributed by atoms with van der Waals surface area (Å²) in [6.07, 6.45) is -2.91. The molecule has 1 aliphatic heterocycles. The average molecular weight is 649 g/mol. The molecular weight excluding hydrogens is 610 g/mol. The third-order valence-electron chi connectivity index (χ3n) is 7.78. The number of carbonyl (C=O) groups is 4. The molecule has 45 heavy (non-hydrogen) atoms. The number of hydrogen-bond donors (Lipinski definition) is 5. The largest absolute Gasteiger partial charge is 0.434 e. The standard InChI is InChI=1S/C32H39ClF2N4O6/c1-18(2)15-25(29(42)38-24(16-20-13-14-36-28(20)41)26(40)30(43)37-23-11-12-23)39-31(44)45-27(19-7-4-3-5-8-19)32(34,35)21-9-6-10-22(33)17-21/h3-10,17-18,20,23-27,40H,11-16H2,1-2H3,(H,36,41)(H,37,43)(H,38,42)(H,39,44)/t20-,24-,25-,26?,27+/m0/s1. The molecular formula is C32H39ClF2N4O6. The fraction of sp³-hybridized carbons (Fsp3) is 0.500. The van der Waals surface area contributed by atoms with E-state index in [4.69, 9.17) is 16.3 Å². The summed E-state index contributed by atoms with van der Waals surface area (Å²) < 4.78 is 37.1. The predicted molar refractivity (Wildman–Crippen MR) is 162 cm³/mol. The van der Waals surface area contributed by atoms with E-state index in [0.717, 1.165) is 18.9 Å². The van der Waals surface area contributed by atoms with Crippen molar-refractivity contribution in [3.63, 3.8) is 0 Å². The first-order chi connectivity index (χ1) is 21.3. The molecule has 1 saturated carbocycles. The summed E-state index contributed by atoms with van der Waals surface area (Å²) in [5.41, 5.74) is -0.451. The van der Waals surface area contributed by atoms with Crippen molar-refractivity contribution < 1.29 is 37.8 Å². The first kappa shape index (κ1) is 34.1. The molecule has 244 valence electrons. The van der Waals surface area contributed by atoms with Crippen LogP contribution in [-0.2, 0) is 25.0 Å². The van der Waals surface area contributed by atoms with E-state index >= 15 is 8.78 Å². The van der Waals surface area contributed by atoms with Gasteiger partial charge in [-0.15, -0.1) is 0 Å². The first-order valence-electron chi connectivity index (χ1n) is 15.1. The maximum Gasteiger partial charge on any atom is 0.408 e. The Morgan fingerprint density at radius 2 is 1.76 bits per heavy atom. The molecule has 2 fully saturated rings. The normalized spacial score (nSPS) is 19.2. The predicted octanol–water partition coefficient (Wildman–Crippen LogP) is 3.96. The molecule has 0 spiro atoms. The summed E-state index contributed by atoms with van der Waals surface area (Å²) in [6, 6.07) is 10.1. The third kappa shape index (κ3) is 9.37. The van der Waals surface area contributed by atoms with Crippen molar-refractivity contribution in [1.82, 2.24) is 21.3 Å². The number of rotatable bonds is 14. The number of alkyl carbamates (subject to hydrolysis) is 1. The van der Waals surface area contributed by atoms with E-state index in [1.54, 1.807) is 19.9 Å². The van der Waals surface area contributed by atoms with Crippen LogP contribution in [0.2, 0.25) is 5.02 Å². The zero-order chi connectivity index (χ0) is 32.7. The van der Waals surface area contributed by atoms with Gasteiger partial charge in [-0.25, -0.2) is 4.79 Å². The Labute approximate surface area is 265 Å². The van der Waals surface area contributed by atoms with Crippen molar-refractivity contribution in [3.8, 4) is 0 Å². The summed E-state index contributed by atoms with van der Waals surface area (Å²) >= 11 is 5.97. The maximum absolute atomic E-state index is 15.9. The van der Waals surface area contributed by atoms with Crippen molar-refractivity contribution in [2.75, 3.05) is 6.54 Å². The molecule has 0 radical (unpaired) electrons. The second-order valence-corrected chi connectivity index (χ2v) is 12.4. The number of amides is 4. The van der Waals surface area contributed by atoms with Gasteiger partial charge in [0.25, 0.3) is 5.91 Å². The Morgan fingerprint density at radius 3 is 2.36 bits per heavy atom. The van der Waals surface area contributed by atoms with E-state index in [2.05, 4.69) is 21.3 Å². The Morgan fingerprint density at radius 1 is 1.04 bits per heavy atom. The number of ether oxygens (including phenoxy) is 1. The third-order valence-corrected chi connectivity index (χ3v) is 8.02. The number of halogens is 3. The van der Waals surface area contributed by atoms with Gasteiger partial charge >= 0.3 is 12.0 Å². The van der Waals surface area contributed by atoms with Crippen LogP contribution in [0.3, 0.4) is 0 Å². The van der Waals surface area contributed by atoms with Gasteiger partial charge in [0.05, 0.1) is 6.04 Å². The molecule has 2 aliphatic rings. The van der Waals surface area contributed by atoms with Crippen LogP contribution in [0.5, 0.6) is 0 Å². The Balaban J connectivity index is 1.52. The molecule has 5 N–H and O–H groups in total. The number of aliphatic hydroxyl groups is 1. The van der Waals surface area contributed by atoms with E-state index < -0.39 is 59.6 Å². The lowest BCUT2D eigenvalue weighted by molar-refractivity contribution is -0.134. The van der Waals surface area contributed by atoms with Gasteiger partial charge in [0.15, 0.2) is 12.2 Å². The van der Waals surface area contributed by atoms with E-state index in [-0.39, 0.29) is 41.3 Å². The van der Waals surface area contributed by atoms with Crippen molar-refractivity contribution in [2.24, 2.45) is 11.8 Å². The number of aliphatic hydroxyl groups excluding tert-OH is 1. The van der Waals surface area contributed by atoms with Gasteiger partial charge < -0.3 is 31.1 Å². The molecule has 10 nitrogen and oxygen atoms in total. The summed E-state index contributed by atoms with van der Waals surface area (Å²) in [6.45, 7) is 4.03. The van der Waals surface area contributed by atoms with Gasteiger partial charge in [-0.2, -0.15) is 8.78 Å². The van der Waals surface area contributed by atoms with Crippen LogP contribution in [0, 0.1) is 11.8 Å². The Hall–Kier alpha value is -3.77. The number of nitrogens with one attached hydrogen (secondary N) is 4. The SMILES string of the molecule is CC(C)C[C@H](NC(=O)O[C@H](c1ccccc1)C(F)(F)c1cccc(Cl)c1)C(=O)N[C@@H](C[C@@H]1CCNC1=O)C(O)C(=O)NC1CC1. The van der Waals surface area contributed by atoms with E-state index in [9.17, 15) is 24.3 Å². The van der Waals surface area contributed by atoms with Crippen LogP contribution in [0.15, 0.2) is 54.6 Å². The molecule has 0 aromatic heterocycles. The minimum atomic E-state index is -3.70. The second-order valence-electron chi connectivity index (χ2n) is 12.0. The van der Waals surface area contributed by atoms with Crippen molar-refractivity contribution in [3.05, 3.63) is 70.7 Å². The highest BCUT2D eigenvalue weighted by molar-refractivity contribution is 6.30. The van der Waals surface area contributed by atoms with Crippen LogP contribution in [-0.4, -0.2) is 59.7 Å². The Bertz CT molecular complexity index is 1360. The minimum Gasteiger partial charge on any atom is -0.434 e. The molecule has 2 aromatic rings. The van der Waals surface area contributed by atoms with Crippen LogP contribution in [0.25, 0.3) is 0 Å². The molecule has 1 saturated heterocycles. The summed E-state index contributed by atoms with van der Waals surface area (Å²) in [4.78, 5) is 51.7. The van der Waals surface area contributed by atoms with Gasteiger partial charge in [-0.05, 0) is 55.7 Å². The number of carbonyl (C=O) groups excluding carboxylic acids is 4. The smallest absolute Gasteiger partial charge is 0.408 e. The van der Waals surface area contributed by atoms with Gasteiger partial charge in [0.2, 0.25) is 11.8 Å². The topological polar surface area (TPSA) is 146 Å². The molecule has 13 heteroatoms. The van der Waals surface area contributed by atoms with Crippen molar-refractivity contribution in [1.29, 1.82) is 0 Å². The van der Waals surface area contributed by atoms with Crippen LogP contribution >= 0.6 is 11.6 Å². The molecule has 2 aromatic carbocycles. The molecule has 4 amide bonds. The summed E-state index contributed by atoms with van der Waals surface area (Å²) in [7, 11) is 0. The molecule has 4 rings (SSSR count). The highest BCUT2D eigenvalue weighted by Crippen LogP contribution is 2.43. The van der Waals surface area contributed by atoms with E-state index in [1.165, 1.54) is 42.5 Å². The van der Waals surface area contributed by atoms with Crippen molar-refractivity contribution in [2.45, 2.75) is 82.2 Å². The fourth-order valence-corrected chi connectivity index (χ4v) is 5.43. The van der Waals surface area contributed by atoms with Gasteiger partial charge in [0, 0.05) is 29.1 Å². The quantitative estimate of drug-likeness (QED) is 0.210. The zero-order valence-corrected chi connectivity index (χ0v) is 25.9. The van der Waals surface area contributed by atoms with E-state index in [1.807, 2.05) is 0 Å². The summed E-state index contributed by atoms with van der Waals surface area (Å²) in [5, 5.41) is 21.4. The molecule has 0 bridgehead atoms. The molecule has 1 unspecified atom stereocenters. The fourth-order valence-electron chi connectivity index (χ4n) is 5.24. The van der Waals surface area contributed by atoms with Crippen molar-refractivity contribution >= 4 is 35.4 Å².